The number of fused-ring (bicyclic) bond motifs is 2. The van der Waals surface area contributed by atoms with E-state index in [0.717, 1.165) is 43.3 Å². The molecule has 8 heteroatoms. The van der Waals surface area contributed by atoms with Gasteiger partial charge in [0.05, 0.1) is 5.69 Å². The summed E-state index contributed by atoms with van der Waals surface area (Å²) in [6.45, 7) is 4.26. The highest BCUT2D eigenvalue weighted by Gasteiger charge is 2.32. The first-order valence-electron chi connectivity index (χ1n) is 10.6. The monoisotopic (exact) mass is 409 g/mol. The molecular weight excluding hydrogens is 382 g/mol. The molecule has 3 aliphatic heterocycles. The van der Waals surface area contributed by atoms with Gasteiger partial charge >= 0.3 is 0 Å². The molecule has 2 aromatic rings. The van der Waals surface area contributed by atoms with Crippen molar-refractivity contribution in [3.63, 3.8) is 0 Å². The maximum atomic E-state index is 13.1. The van der Waals surface area contributed by atoms with Crippen LogP contribution in [-0.4, -0.2) is 72.6 Å². The normalized spacial score (nSPS) is 20.7. The quantitative estimate of drug-likeness (QED) is 0.829. The Morgan fingerprint density at radius 3 is 2.83 bits per heavy atom. The molecule has 1 aromatic heterocycles. The number of benzene rings is 1. The first kappa shape index (κ1) is 19.1. The summed E-state index contributed by atoms with van der Waals surface area (Å²) < 4.78 is 11.2. The number of nitrogens with one attached hydrogen (secondary N) is 1. The van der Waals surface area contributed by atoms with Gasteiger partial charge in [-0.1, -0.05) is 0 Å². The molecule has 158 valence electrons. The van der Waals surface area contributed by atoms with Gasteiger partial charge in [0.2, 0.25) is 0 Å². The Kier molecular flexibility index (Phi) is 4.94. The number of amides is 1. The van der Waals surface area contributed by atoms with Crippen LogP contribution < -0.4 is 14.8 Å². The number of aromatic nitrogens is 2. The van der Waals surface area contributed by atoms with E-state index in [0.29, 0.717) is 43.4 Å². The second kappa shape index (κ2) is 7.75. The molecule has 30 heavy (non-hydrogen) atoms. The van der Waals surface area contributed by atoms with Crippen LogP contribution in [0.15, 0.2) is 18.2 Å². The van der Waals surface area contributed by atoms with Crippen molar-refractivity contribution < 1.29 is 14.3 Å². The maximum Gasteiger partial charge on any atom is 0.254 e. The molecule has 8 nitrogen and oxygen atoms in total. The Morgan fingerprint density at radius 2 is 2.00 bits per heavy atom. The molecular formula is C22H27N5O3. The number of likely N-dealkylation sites (tertiary alicyclic amines) is 1. The predicted molar refractivity (Wildman–Crippen MR) is 112 cm³/mol. The largest absolute Gasteiger partial charge is 0.486 e. The van der Waals surface area contributed by atoms with Gasteiger partial charge in [-0.25, -0.2) is 9.97 Å². The van der Waals surface area contributed by atoms with Gasteiger partial charge in [0.15, 0.2) is 11.5 Å². The number of rotatable bonds is 3. The third-order valence-electron chi connectivity index (χ3n) is 6.13. The van der Waals surface area contributed by atoms with Gasteiger partial charge in [0, 0.05) is 56.7 Å². The molecule has 0 saturated carbocycles. The molecule has 0 bridgehead atoms. The number of nitrogens with zero attached hydrogens (tertiary/aromatic N) is 4. The predicted octanol–water partition coefficient (Wildman–Crippen LogP) is 1.91. The summed E-state index contributed by atoms with van der Waals surface area (Å²) in [6, 6.07) is 5.42. The molecule has 0 spiro atoms. The molecule has 5 rings (SSSR count). The van der Waals surface area contributed by atoms with Gasteiger partial charge in [-0.05, 0) is 31.7 Å². The van der Waals surface area contributed by atoms with Crippen molar-refractivity contribution in [3.05, 3.63) is 40.8 Å². The van der Waals surface area contributed by atoms with Crippen molar-refractivity contribution in [2.24, 2.45) is 0 Å². The van der Waals surface area contributed by atoms with Crippen LogP contribution in [0.1, 0.15) is 39.8 Å². The lowest BCUT2D eigenvalue weighted by Crippen LogP contribution is -2.30. The number of hydrogen-bond acceptors (Lipinski definition) is 7. The van der Waals surface area contributed by atoms with E-state index in [1.165, 1.54) is 5.56 Å². The fourth-order valence-electron chi connectivity index (χ4n) is 4.47. The van der Waals surface area contributed by atoms with Gasteiger partial charge in [0.25, 0.3) is 5.91 Å². The van der Waals surface area contributed by atoms with E-state index in [1.807, 2.05) is 24.1 Å². The van der Waals surface area contributed by atoms with Gasteiger partial charge in [-0.3, -0.25) is 4.79 Å². The van der Waals surface area contributed by atoms with E-state index in [4.69, 9.17) is 19.4 Å². The van der Waals surface area contributed by atoms with Crippen molar-refractivity contribution in [3.8, 4) is 11.5 Å². The highest BCUT2D eigenvalue weighted by Crippen LogP contribution is 2.33. The summed E-state index contributed by atoms with van der Waals surface area (Å²) in [7, 11) is 4.03. The lowest BCUT2D eigenvalue weighted by Gasteiger charge is -2.26. The number of carbonyl (C=O) groups is 1. The van der Waals surface area contributed by atoms with Crippen molar-refractivity contribution >= 4 is 11.7 Å². The molecule has 3 aliphatic rings. The van der Waals surface area contributed by atoms with Crippen LogP contribution in [-0.2, 0) is 13.0 Å². The lowest BCUT2D eigenvalue weighted by molar-refractivity contribution is 0.0789. The lowest BCUT2D eigenvalue weighted by atomic mass is 10.0. The van der Waals surface area contributed by atoms with Crippen molar-refractivity contribution in [1.29, 1.82) is 0 Å². The fraction of sp³-hybridized carbons (Fsp3) is 0.500. The van der Waals surface area contributed by atoms with E-state index in [2.05, 4.69) is 17.3 Å². The molecule has 1 aromatic carbocycles. The number of ether oxygens (including phenoxy) is 2. The molecule has 1 saturated heterocycles. The van der Waals surface area contributed by atoms with Gasteiger partial charge in [-0.2, -0.15) is 0 Å². The summed E-state index contributed by atoms with van der Waals surface area (Å²) >= 11 is 0. The molecule has 0 unspecified atom stereocenters. The van der Waals surface area contributed by atoms with Gasteiger partial charge < -0.3 is 24.6 Å². The molecule has 0 radical (unpaired) electrons. The summed E-state index contributed by atoms with van der Waals surface area (Å²) in [5, 5.41) is 3.24. The minimum atomic E-state index is 0.0166. The van der Waals surface area contributed by atoms with Gasteiger partial charge in [-0.15, -0.1) is 0 Å². The minimum Gasteiger partial charge on any atom is -0.486 e. The summed E-state index contributed by atoms with van der Waals surface area (Å²) in [5.41, 5.74) is 2.96. The Bertz CT molecular complexity index is 962. The SMILES string of the molecule is CNc1nc([C@@H]2CCN(C(=O)c3ccc4c(c3)OCCO4)C2)nc2c1CN(C)CC2. The van der Waals surface area contributed by atoms with E-state index in [-0.39, 0.29) is 11.8 Å². The molecule has 1 amide bonds. The van der Waals surface area contributed by atoms with Gasteiger partial charge in [0.1, 0.15) is 24.9 Å². The molecule has 1 N–H and O–H groups in total. The number of hydrogen-bond donors (Lipinski definition) is 1. The highest BCUT2D eigenvalue weighted by molar-refractivity contribution is 5.95. The van der Waals surface area contributed by atoms with Crippen LogP contribution >= 0.6 is 0 Å². The van der Waals surface area contributed by atoms with E-state index in [1.54, 1.807) is 6.07 Å². The zero-order valence-electron chi connectivity index (χ0n) is 17.5. The van der Waals surface area contributed by atoms with Crippen LogP contribution in [0, 0.1) is 0 Å². The van der Waals surface area contributed by atoms with E-state index in [9.17, 15) is 4.79 Å². The Labute approximate surface area is 176 Å². The first-order chi connectivity index (χ1) is 14.6. The molecule has 4 heterocycles. The summed E-state index contributed by atoms with van der Waals surface area (Å²) in [6.07, 6.45) is 1.81. The molecule has 0 aliphatic carbocycles. The molecule has 1 fully saturated rings. The topological polar surface area (TPSA) is 79.8 Å². The maximum absolute atomic E-state index is 13.1. The number of carbonyl (C=O) groups excluding carboxylic acids is 1. The Balaban J connectivity index is 1.34. The van der Waals surface area contributed by atoms with E-state index < -0.39 is 0 Å². The van der Waals surface area contributed by atoms with Crippen molar-refractivity contribution in [2.45, 2.75) is 25.3 Å². The third-order valence-corrected chi connectivity index (χ3v) is 6.13. The third kappa shape index (κ3) is 3.45. The number of likely N-dealkylation sites (N-methyl/N-ethyl adjacent to an activating group) is 1. The smallest absolute Gasteiger partial charge is 0.254 e. The van der Waals surface area contributed by atoms with Crippen molar-refractivity contribution in [2.75, 3.05) is 52.3 Å². The Hall–Kier alpha value is -2.87. The average Bonchev–Trinajstić information content (AvgIpc) is 3.28. The van der Waals surface area contributed by atoms with Crippen LogP contribution in [0.5, 0.6) is 11.5 Å². The Morgan fingerprint density at radius 1 is 1.17 bits per heavy atom. The van der Waals surface area contributed by atoms with Crippen molar-refractivity contribution in [1.82, 2.24) is 19.8 Å². The molecule has 1 atom stereocenters. The first-order valence-corrected chi connectivity index (χ1v) is 10.6. The highest BCUT2D eigenvalue weighted by atomic mass is 16.6. The van der Waals surface area contributed by atoms with Crippen LogP contribution in [0.2, 0.25) is 0 Å². The van der Waals surface area contributed by atoms with Crippen LogP contribution in [0.4, 0.5) is 5.82 Å². The van der Waals surface area contributed by atoms with E-state index >= 15 is 0 Å². The summed E-state index contributed by atoms with van der Waals surface area (Å²) in [5.74, 6) is 3.28. The summed E-state index contributed by atoms with van der Waals surface area (Å²) in [4.78, 5) is 27.0. The second-order valence-corrected chi connectivity index (χ2v) is 8.19. The minimum absolute atomic E-state index is 0.0166. The zero-order chi connectivity index (χ0) is 20.7. The second-order valence-electron chi connectivity index (χ2n) is 8.19. The van der Waals surface area contributed by atoms with Crippen LogP contribution in [0.25, 0.3) is 0 Å². The standard InChI is InChI=1S/C22H27N5O3/c1-23-21-16-13-26(2)7-6-17(16)24-20(25-21)15-5-8-27(12-15)22(28)14-3-4-18-19(11-14)30-10-9-29-18/h3-4,11,15H,5-10,12-13H2,1-2H3,(H,23,24,25)/t15-/m1/s1. The average molecular weight is 409 g/mol. The fourth-order valence-corrected chi connectivity index (χ4v) is 4.47. The van der Waals surface area contributed by atoms with Crippen LogP contribution in [0.3, 0.4) is 0 Å². The number of anilines is 1. The zero-order valence-corrected chi connectivity index (χ0v) is 17.5.